The van der Waals surface area contributed by atoms with E-state index < -0.39 is 0 Å². The van der Waals surface area contributed by atoms with Crippen molar-refractivity contribution in [3.63, 3.8) is 0 Å². The maximum atomic E-state index is 12.3. The molecular formula is C16H11BrClNO2. The fourth-order valence-electron chi connectivity index (χ4n) is 2.40. The number of carbonyl (C=O) groups excluding carboxylic acids is 2. The van der Waals surface area contributed by atoms with Crippen LogP contribution in [0.5, 0.6) is 0 Å². The highest BCUT2D eigenvalue weighted by Crippen LogP contribution is 2.31. The number of anilines is 1. The summed E-state index contributed by atoms with van der Waals surface area (Å²) < 4.78 is 0.838. The molecule has 5 heteroatoms. The van der Waals surface area contributed by atoms with Gasteiger partial charge in [-0.1, -0.05) is 45.7 Å². The summed E-state index contributed by atoms with van der Waals surface area (Å²) >= 11 is 9.32. The van der Waals surface area contributed by atoms with E-state index in [0.29, 0.717) is 17.0 Å². The van der Waals surface area contributed by atoms with Gasteiger partial charge in [0.25, 0.3) is 0 Å². The molecule has 3 rings (SSSR count). The molecule has 0 spiro atoms. The molecule has 106 valence electrons. The summed E-state index contributed by atoms with van der Waals surface area (Å²) in [6.07, 6.45) is 0.318. The summed E-state index contributed by atoms with van der Waals surface area (Å²) in [6.45, 7) is 0.0304. The summed E-state index contributed by atoms with van der Waals surface area (Å²) in [4.78, 5) is 25.9. The molecule has 0 fully saturated rings. The lowest BCUT2D eigenvalue weighted by molar-refractivity contribution is -0.117. The van der Waals surface area contributed by atoms with Crippen LogP contribution in [-0.2, 0) is 11.2 Å². The summed E-state index contributed by atoms with van der Waals surface area (Å²) in [5, 5.41) is 0.559. The first kappa shape index (κ1) is 14.3. The van der Waals surface area contributed by atoms with Crippen LogP contribution in [-0.4, -0.2) is 18.2 Å². The second kappa shape index (κ2) is 5.62. The largest absolute Gasteiger partial charge is 0.304 e. The molecule has 3 nitrogen and oxygen atoms in total. The Balaban J connectivity index is 1.87. The highest BCUT2D eigenvalue weighted by Gasteiger charge is 2.29. The lowest BCUT2D eigenvalue weighted by atomic mass is 10.1. The first-order chi connectivity index (χ1) is 10.0. The zero-order chi connectivity index (χ0) is 15.0. The third kappa shape index (κ3) is 2.87. The molecule has 0 radical (unpaired) electrons. The average molecular weight is 365 g/mol. The van der Waals surface area contributed by atoms with Crippen LogP contribution in [0.25, 0.3) is 0 Å². The molecule has 21 heavy (non-hydrogen) atoms. The maximum Gasteiger partial charge on any atom is 0.231 e. The van der Waals surface area contributed by atoms with Crippen LogP contribution >= 0.6 is 27.5 Å². The van der Waals surface area contributed by atoms with Gasteiger partial charge >= 0.3 is 0 Å². The zero-order valence-corrected chi connectivity index (χ0v) is 13.3. The van der Waals surface area contributed by atoms with E-state index in [-0.39, 0.29) is 18.2 Å². The van der Waals surface area contributed by atoms with Crippen molar-refractivity contribution in [1.82, 2.24) is 0 Å². The third-order valence-corrected chi connectivity index (χ3v) is 4.16. The molecule has 1 aliphatic heterocycles. The highest BCUT2D eigenvalue weighted by atomic mass is 79.9. The van der Waals surface area contributed by atoms with E-state index in [9.17, 15) is 9.59 Å². The van der Waals surface area contributed by atoms with Crippen molar-refractivity contribution in [2.75, 3.05) is 11.4 Å². The van der Waals surface area contributed by atoms with Crippen molar-refractivity contribution in [3.05, 3.63) is 63.1 Å². The van der Waals surface area contributed by atoms with E-state index in [1.54, 1.807) is 30.3 Å². The molecular weight excluding hydrogens is 354 g/mol. The molecule has 1 amide bonds. The molecule has 0 aromatic heterocycles. The number of amides is 1. The number of nitrogens with zero attached hydrogens (tertiary/aromatic N) is 1. The normalized spacial score (nSPS) is 13.4. The first-order valence-corrected chi connectivity index (χ1v) is 7.59. The van der Waals surface area contributed by atoms with Crippen LogP contribution in [0.3, 0.4) is 0 Å². The SMILES string of the molecule is O=C(CN1C(=O)Cc2ccc(Cl)cc21)c1cccc(Br)c1. The number of rotatable bonds is 3. The quantitative estimate of drug-likeness (QED) is 0.775. The molecule has 0 bridgehead atoms. The monoisotopic (exact) mass is 363 g/mol. The van der Waals surface area contributed by atoms with Crippen molar-refractivity contribution in [1.29, 1.82) is 0 Å². The van der Waals surface area contributed by atoms with Crippen molar-refractivity contribution in [2.24, 2.45) is 0 Å². The Morgan fingerprint density at radius 3 is 2.81 bits per heavy atom. The maximum absolute atomic E-state index is 12.3. The second-order valence-electron chi connectivity index (χ2n) is 4.86. The van der Waals surface area contributed by atoms with E-state index in [2.05, 4.69) is 15.9 Å². The van der Waals surface area contributed by atoms with Gasteiger partial charge < -0.3 is 4.90 Å². The van der Waals surface area contributed by atoms with Crippen molar-refractivity contribution in [3.8, 4) is 0 Å². The van der Waals surface area contributed by atoms with Gasteiger partial charge in [-0.3, -0.25) is 9.59 Å². The first-order valence-electron chi connectivity index (χ1n) is 6.42. The highest BCUT2D eigenvalue weighted by molar-refractivity contribution is 9.10. The lowest BCUT2D eigenvalue weighted by Crippen LogP contribution is -2.32. The summed E-state index contributed by atoms with van der Waals surface area (Å²) in [6, 6.07) is 12.5. The van der Waals surface area contributed by atoms with E-state index >= 15 is 0 Å². The molecule has 0 aliphatic carbocycles. The van der Waals surface area contributed by atoms with Gasteiger partial charge in [0.1, 0.15) is 0 Å². The van der Waals surface area contributed by atoms with Crippen LogP contribution in [0.1, 0.15) is 15.9 Å². The standard InChI is InChI=1S/C16H11BrClNO2/c17-12-3-1-2-11(6-12)15(20)9-19-14-8-13(18)5-4-10(14)7-16(19)21/h1-6,8H,7,9H2. The summed E-state index contributed by atoms with van der Waals surface area (Å²) in [5.41, 5.74) is 2.22. The smallest absolute Gasteiger partial charge is 0.231 e. The topological polar surface area (TPSA) is 37.4 Å². The minimum atomic E-state index is -0.0996. The lowest BCUT2D eigenvalue weighted by Gasteiger charge is -2.17. The minimum Gasteiger partial charge on any atom is -0.304 e. The van der Waals surface area contributed by atoms with Gasteiger partial charge in [-0.15, -0.1) is 0 Å². The second-order valence-corrected chi connectivity index (χ2v) is 6.22. The number of ketones is 1. The molecule has 0 saturated carbocycles. The van der Waals surface area contributed by atoms with Gasteiger partial charge in [0.05, 0.1) is 13.0 Å². The van der Waals surface area contributed by atoms with E-state index in [0.717, 1.165) is 15.7 Å². The number of fused-ring (bicyclic) bond motifs is 1. The van der Waals surface area contributed by atoms with Crippen molar-refractivity contribution >= 4 is 44.9 Å². The molecule has 1 aliphatic rings. The van der Waals surface area contributed by atoms with Crippen molar-refractivity contribution in [2.45, 2.75) is 6.42 Å². The van der Waals surface area contributed by atoms with Gasteiger partial charge in [0, 0.05) is 20.7 Å². The van der Waals surface area contributed by atoms with Crippen LogP contribution in [0.2, 0.25) is 5.02 Å². The van der Waals surface area contributed by atoms with Gasteiger partial charge in [-0.2, -0.15) is 0 Å². The predicted molar refractivity (Wildman–Crippen MR) is 86.0 cm³/mol. The number of hydrogen-bond acceptors (Lipinski definition) is 2. The van der Waals surface area contributed by atoms with E-state index in [1.165, 1.54) is 4.90 Å². The Morgan fingerprint density at radius 2 is 2.05 bits per heavy atom. The van der Waals surface area contributed by atoms with Gasteiger partial charge in [0.2, 0.25) is 5.91 Å². The average Bonchev–Trinajstić information content (AvgIpc) is 2.75. The Hall–Kier alpha value is -1.65. The van der Waals surface area contributed by atoms with E-state index in [1.807, 2.05) is 12.1 Å². The minimum absolute atomic E-state index is 0.0304. The molecule has 1 heterocycles. The molecule has 0 atom stereocenters. The van der Waals surface area contributed by atoms with Crippen LogP contribution in [0.4, 0.5) is 5.69 Å². The molecule has 0 saturated heterocycles. The predicted octanol–water partition coefficient (Wildman–Crippen LogP) is 3.87. The van der Waals surface area contributed by atoms with Crippen LogP contribution < -0.4 is 4.90 Å². The zero-order valence-electron chi connectivity index (χ0n) is 11.0. The number of halogens is 2. The van der Waals surface area contributed by atoms with Gasteiger partial charge in [-0.05, 0) is 29.8 Å². The third-order valence-electron chi connectivity index (χ3n) is 3.43. The summed E-state index contributed by atoms with van der Waals surface area (Å²) in [5.74, 6) is -0.173. The van der Waals surface area contributed by atoms with Crippen LogP contribution in [0, 0.1) is 0 Å². The van der Waals surface area contributed by atoms with Gasteiger partial charge in [-0.25, -0.2) is 0 Å². The fraction of sp³-hybridized carbons (Fsp3) is 0.125. The number of Topliss-reactive ketones (excluding diaryl/α,β-unsaturated/α-hetero) is 1. The molecule has 2 aromatic rings. The van der Waals surface area contributed by atoms with E-state index in [4.69, 9.17) is 11.6 Å². The Kier molecular flexibility index (Phi) is 3.83. The Labute approximate surface area is 135 Å². The molecule has 0 N–H and O–H groups in total. The Morgan fingerprint density at radius 1 is 1.24 bits per heavy atom. The fourth-order valence-corrected chi connectivity index (χ4v) is 2.97. The number of carbonyl (C=O) groups is 2. The van der Waals surface area contributed by atoms with Crippen molar-refractivity contribution < 1.29 is 9.59 Å². The Bertz CT molecular complexity index is 745. The molecule has 0 unspecified atom stereocenters. The van der Waals surface area contributed by atoms with Crippen LogP contribution in [0.15, 0.2) is 46.9 Å². The molecule has 2 aromatic carbocycles. The number of benzene rings is 2. The number of hydrogen-bond donors (Lipinski definition) is 0. The van der Waals surface area contributed by atoms with Gasteiger partial charge in [0.15, 0.2) is 5.78 Å². The summed E-state index contributed by atoms with van der Waals surface area (Å²) in [7, 11) is 0.